The van der Waals surface area contributed by atoms with E-state index in [0.717, 1.165) is 5.57 Å². The minimum atomic E-state index is -1.84. The summed E-state index contributed by atoms with van der Waals surface area (Å²) in [5, 5.41) is 17.8. The van der Waals surface area contributed by atoms with Crippen molar-refractivity contribution >= 4 is 23.3 Å². The van der Waals surface area contributed by atoms with Crippen LogP contribution in [-0.4, -0.2) is 34.9 Å². The highest BCUT2D eigenvalue weighted by Gasteiger charge is 2.50. The first-order chi connectivity index (χ1) is 7.49. The van der Waals surface area contributed by atoms with Gasteiger partial charge in [-0.2, -0.15) is 0 Å². The number of alkyl halides is 1. The molecule has 0 amide bonds. The van der Waals surface area contributed by atoms with Crippen LogP contribution >= 0.6 is 11.6 Å². The van der Waals surface area contributed by atoms with Crippen LogP contribution in [0.3, 0.4) is 0 Å². The van der Waals surface area contributed by atoms with Crippen molar-refractivity contribution in [2.45, 2.75) is 23.8 Å². The van der Waals surface area contributed by atoms with Crippen LogP contribution in [0.4, 0.5) is 0 Å². The summed E-state index contributed by atoms with van der Waals surface area (Å²) in [4.78, 5) is 11.5. The highest BCUT2D eigenvalue weighted by Crippen LogP contribution is 2.39. The van der Waals surface area contributed by atoms with Gasteiger partial charge in [-0.25, -0.2) is 4.79 Å². The zero-order chi connectivity index (χ0) is 11.9. The van der Waals surface area contributed by atoms with E-state index in [1.54, 1.807) is 12.2 Å². The van der Waals surface area contributed by atoms with Crippen molar-refractivity contribution in [1.82, 2.24) is 0 Å². The lowest BCUT2D eigenvalue weighted by Gasteiger charge is -2.18. The first kappa shape index (κ1) is 11.4. The molecule has 0 saturated heterocycles. The Balaban J connectivity index is 2.40. The molecule has 0 aromatic carbocycles. The van der Waals surface area contributed by atoms with E-state index >= 15 is 0 Å². The van der Waals surface area contributed by atoms with E-state index in [0.29, 0.717) is 12.0 Å². The summed E-state index contributed by atoms with van der Waals surface area (Å²) >= 11 is 5.95. The van der Waals surface area contributed by atoms with Gasteiger partial charge in [-0.3, -0.25) is 0 Å². The largest absolute Gasteiger partial charge is 0.467 e. The molecule has 1 unspecified atom stereocenters. The maximum absolute atomic E-state index is 11.5. The molecule has 0 bridgehead atoms. The van der Waals surface area contributed by atoms with Crippen molar-refractivity contribution in [3.63, 3.8) is 0 Å². The topological polar surface area (TPSA) is 70.4 Å². The van der Waals surface area contributed by atoms with Crippen molar-refractivity contribution < 1.29 is 14.6 Å². The van der Waals surface area contributed by atoms with E-state index < -0.39 is 11.6 Å². The number of rotatable bonds is 1. The molecule has 1 saturated carbocycles. The van der Waals surface area contributed by atoms with Crippen LogP contribution in [0.15, 0.2) is 23.3 Å². The van der Waals surface area contributed by atoms with Gasteiger partial charge in [-0.1, -0.05) is 12.2 Å². The third-order valence-corrected chi connectivity index (χ3v) is 3.23. The van der Waals surface area contributed by atoms with Crippen LogP contribution in [0.5, 0.6) is 0 Å². The molecule has 2 aliphatic carbocycles. The number of hydrogen-bond acceptors (Lipinski definition) is 4. The lowest BCUT2D eigenvalue weighted by Crippen LogP contribution is -2.43. The molecule has 5 heteroatoms. The van der Waals surface area contributed by atoms with Crippen LogP contribution in [0.25, 0.3) is 0 Å². The molecule has 2 atom stereocenters. The van der Waals surface area contributed by atoms with E-state index in [1.165, 1.54) is 7.11 Å². The van der Waals surface area contributed by atoms with Gasteiger partial charge in [0, 0.05) is 6.42 Å². The Morgan fingerprint density at radius 3 is 3.06 bits per heavy atom. The number of ether oxygens (including phenoxy) is 1. The molecule has 2 aliphatic rings. The van der Waals surface area contributed by atoms with E-state index in [2.05, 4.69) is 4.74 Å². The summed E-state index contributed by atoms with van der Waals surface area (Å²) in [6, 6.07) is 0. The highest BCUT2D eigenvalue weighted by atomic mass is 35.5. The van der Waals surface area contributed by atoms with Gasteiger partial charge >= 0.3 is 5.97 Å². The van der Waals surface area contributed by atoms with Gasteiger partial charge in [-0.05, 0) is 17.6 Å². The van der Waals surface area contributed by atoms with Crippen molar-refractivity contribution in [3.8, 4) is 0 Å². The Kier molecular flexibility index (Phi) is 2.64. The van der Waals surface area contributed by atoms with Crippen LogP contribution in [-0.2, 0) is 9.53 Å². The van der Waals surface area contributed by atoms with Gasteiger partial charge in [0.1, 0.15) is 0 Å². The number of esters is 1. The second kappa shape index (κ2) is 3.71. The Morgan fingerprint density at radius 2 is 2.44 bits per heavy atom. The van der Waals surface area contributed by atoms with Crippen molar-refractivity contribution in [3.05, 3.63) is 23.3 Å². The second-order valence-electron chi connectivity index (χ2n) is 3.97. The molecule has 0 spiro atoms. The lowest BCUT2D eigenvalue weighted by atomic mass is 9.99. The molecule has 0 aliphatic heterocycles. The third kappa shape index (κ3) is 1.49. The van der Waals surface area contributed by atoms with Crippen molar-refractivity contribution in [2.75, 3.05) is 7.11 Å². The van der Waals surface area contributed by atoms with Crippen LogP contribution < -0.4 is 0 Å². The fraction of sp³-hybridized carbons (Fsp3) is 0.455. The van der Waals surface area contributed by atoms with E-state index in [4.69, 9.17) is 17.0 Å². The maximum atomic E-state index is 11.5. The van der Waals surface area contributed by atoms with Gasteiger partial charge in [0.05, 0.1) is 18.2 Å². The average molecular weight is 242 g/mol. The monoisotopic (exact) mass is 241 g/mol. The van der Waals surface area contributed by atoms with E-state index in [9.17, 15) is 9.90 Å². The number of nitrogens with one attached hydrogen (secondary N) is 1. The Bertz CT molecular complexity index is 427. The normalized spacial score (nSPS) is 32.9. The van der Waals surface area contributed by atoms with Crippen LogP contribution in [0, 0.1) is 5.41 Å². The first-order valence-electron chi connectivity index (χ1n) is 4.94. The molecule has 1 fully saturated rings. The first-order valence-corrected chi connectivity index (χ1v) is 5.38. The fourth-order valence-electron chi connectivity index (χ4n) is 2.08. The van der Waals surface area contributed by atoms with Gasteiger partial charge < -0.3 is 15.3 Å². The zero-order valence-corrected chi connectivity index (χ0v) is 9.54. The predicted octanol–water partition coefficient (Wildman–Crippen LogP) is 1.18. The molecule has 0 radical (unpaired) electrons. The number of carbonyl (C=O) groups excluding carboxylic acids is 1. The van der Waals surface area contributed by atoms with Gasteiger partial charge in [0.15, 0.2) is 0 Å². The fourth-order valence-corrected chi connectivity index (χ4v) is 2.33. The summed E-state index contributed by atoms with van der Waals surface area (Å²) < 4.78 is 4.52. The Labute approximate surface area is 98.1 Å². The summed E-state index contributed by atoms with van der Waals surface area (Å²) in [6.45, 7) is 0. The SMILES string of the molecule is COC(=O)[C@@]1(O)CC2=CC(Cl)CC=C2C1=N. The van der Waals surface area contributed by atoms with Crippen molar-refractivity contribution in [1.29, 1.82) is 5.41 Å². The van der Waals surface area contributed by atoms with Gasteiger partial charge in [-0.15, -0.1) is 11.6 Å². The quantitative estimate of drug-likeness (QED) is 0.535. The number of halogens is 1. The Hall–Kier alpha value is -1.13. The van der Waals surface area contributed by atoms with Gasteiger partial charge in [0.25, 0.3) is 0 Å². The molecule has 0 aromatic heterocycles. The number of carbonyl (C=O) groups is 1. The van der Waals surface area contributed by atoms with Crippen LogP contribution in [0.1, 0.15) is 12.8 Å². The molecular weight excluding hydrogens is 230 g/mol. The number of aliphatic hydroxyl groups is 1. The number of allylic oxidation sites excluding steroid dienone is 2. The number of methoxy groups -OCH3 is 1. The average Bonchev–Trinajstić information content (AvgIpc) is 2.51. The minimum Gasteiger partial charge on any atom is -0.467 e. The molecule has 4 nitrogen and oxygen atoms in total. The number of fused-ring (bicyclic) bond motifs is 1. The predicted molar refractivity (Wildman–Crippen MR) is 59.7 cm³/mol. The molecule has 0 heterocycles. The van der Waals surface area contributed by atoms with E-state index in [1.807, 2.05) is 0 Å². The smallest absolute Gasteiger partial charge is 0.344 e. The van der Waals surface area contributed by atoms with Gasteiger partial charge in [0.2, 0.25) is 5.60 Å². The molecule has 2 rings (SSSR count). The Morgan fingerprint density at radius 1 is 1.75 bits per heavy atom. The molecule has 16 heavy (non-hydrogen) atoms. The van der Waals surface area contributed by atoms with Crippen molar-refractivity contribution in [2.24, 2.45) is 0 Å². The summed E-state index contributed by atoms with van der Waals surface area (Å²) in [7, 11) is 1.20. The summed E-state index contributed by atoms with van der Waals surface area (Å²) in [6.07, 6.45) is 4.26. The standard InChI is InChI=1S/C11H12ClNO3/c1-16-10(14)11(15)5-6-4-7(12)2-3-8(6)9(11)13/h3-4,7,13,15H,2,5H2,1H3/t7?,11-/m1/s1. The summed E-state index contributed by atoms with van der Waals surface area (Å²) in [5.74, 6) is -0.792. The molecule has 0 aromatic rings. The maximum Gasteiger partial charge on any atom is 0.344 e. The summed E-state index contributed by atoms with van der Waals surface area (Å²) in [5.41, 5.74) is -0.559. The highest BCUT2D eigenvalue weighted by molar-refractivity contribution is 6.24. The third-order valence-electron chi connectivity index (χ3n) is 2.93. The lowest BCUT2D eigenvalue weighted by molar-refractivity contribution is -0.154. The zero-order valence-electron chi connectivity index (χ0n) is 8.79. The second-order valence-corrected chi connectivity index (χ2v) is 4.53. The number of hydrogen-bond donors (Lipinski definition) is 2. The molecule has 2 N–H and O–H groups in total. The molecule has 86 valence electrons. The molecular formula is C11H12ClNO3. The minimum absolute atomic E-state index is 0.0769. The van der Waals surface area contributed by atoms with E-state index in [-0.39, 0.29) is 17.5 Å². The van der Waals surface area contributed by atoms with Crippen LogP contribution in [0.2, 0.25) is 0 Å².